The van der Waals surface area contributed by atoms with Gasteiger partial charge in [-0.1, -0.05) is 6.92 Å². The molecule has 0 spiro atoms. The SMILES string of the molecule is CCC(C)N/C=N\CNCCOC. The van der Waals surface area contributed by atoms with Crippen LogP contribution in [0.1, 0.15) is 20.3 Å². The third-order valence-corrected chi connectivity index (χ3v) is 1.75. The molecule has 0 aliphatic carbocycles. The summed E-state index contributed by atoms with van der Waals surface area (Å²) in [5.74, 6) is 0. The molecule has 0 rings (SSSR count). The summed E-state index contributed by atoms with van der Waals surface area (Å²) < 4.78 is 4.87. The molecular weight excluding hydrogens is 166 g/mol. The lowest BCUT2D eigenvalue weighted by Gasteiger charge is -2.06. The quantitative estimate of drug-likeness (QED) is 0.332. The Hall–Kier alpha value is -0.610. The van der Waals surface area contributed by atoms with Gasteiger partial charge in [0.05, 0.1) is 19.6 Å². The highest BCUT2D eigenvalue weighted by molar-refractivity contribution is 5.54. The summed E-state index contributed by atoms with van der Waals surface area (Å²) in [4.78, 5) is 4.13. The van der Waals surface area contributed by atoms with Crippen molar-refractivity contribution in [3.8, 4) is 0 Å². The Morgan fingerprint density at radius 3 is 2.92 bits per heavy atom. The molecule has 1 atom stereocenters. The molecule has 13 heavy (non-hydrogen) atoms. The Morgan fingerprint density at radius 1 is 1.54 bits per heavy atom. The van der Waals surface area contributed by atoms with Crippen molar-refractivity contribution < 1.29 is 4.74 Å². The Balaban J connectivity index is 3.12. The highest BCUT2D eigenvalue weighted by Gasteiger charge is 1.90. The molecule has 0 saturated carbocycles. The number of hydrogen-bond acceptors (Lipinski definition) is 3. The summed E-state index contributed by atoms with van der Waals surface area (Å²) in [6.07, 6.45) is 2.87. The summed E-state index contributed by atoms with van der Waals surface area (Å²) >= 11 is 0. The first-order valence-electron chi connectivity index (χ1n) is 4.75. The maximum Gasteiger partial charge on any atom is 0.0902 e. The summed E-state index contributed by atoms with van der Waals surface area (Å²) in [5, 5.41) is 6.28. The first kappa shape index (κ1) is 12.4. The molecule has 0 aliphatic rings. The fourth-order valence-electron chi connectivity index (χ4n) is 0.661. The second-order valence-electron chi connectivity index (χ2n) is 2.94. The van der Waals surface area contributed by atoms with Crippen molar-refractivity contribution in [1.29, 1.82) is 0 Å². The normalized spacial score (nSPS) is 13.5. The Kier molecular flexibility index (Phi) is 9.03. The van der Waals surface area contributed by atoms with Crippen LogP contribution in [-0.4, -0.2) is 39.3 Å². The monoisotopic (exact) mass is 187 g/mol. The Morgan fingerprint density at radius 2 is 2.31 bits per heavy atom. The van der Waals surface area contributed by atoms with Crippen LogP contribution in [0.2, 0.25) is 0 Å². The van der Waals surface area contributed by atoms with E-state index in [1.54, 1.807) is 13.4 Å². The van der Waals surface area contributed by atoms with Crippen LogP contribution >= 0.6 is 0 Å². The predicted octanol–water partition coefficient (Wildman–Crippen LogP) is 0.596. The average molecular weight is 187 g/mol. The number of rotatable bonds is 8. The van der Waals surface area contributed by atoms with E-state index in [-0.39, 0.29) is 0 Å². The molecule has 0 bridgehead atoms. The van der Waals surface area contributed by atoms with E-state index in [0.717, 1.165) is 19.6 Å². The molecule has 0 amide bonds. The number of hydrogen-bond donors (Lipinski definition) is 2. The average Bonchev–Trinajstić information content (AvgIpc) is 2.16. The summed E-state index contributed by atoms with van der Waals surface area (Å²) in [6, 6.07) is 0.503. The van der Waals surface area contributed by atoms with Crippen LogP contribution in [-0.2, 0) is 4.74 Å². The van der Waals surface area contributed by atoms with Crippen LogP contribution < -0.4 is 10.6 Å². The minimum Gasteiger partial charge on any atom is -0.383 e. The largest absolute Gasteiger partial charge is 0.383 e. The minimum absolute atomic E-state index is 0.503. The molecule has 1 unspecified atom stereocenters. The predicted molar refractivity (Wildman–Crippen MR) is 56.1 cm³/mol. The van der Waals surface area contributed by atoms with Gasteiger partial charge in [0.25, 0.3) is 0 Å². The van der Waals surface area contributed by atoms with Crippen molar-refractivity contribution in [3.05, 3.63) is 0 Å². The fourth-order valence-corrected chi connectivity index (χ4v) is 0.661. The number of aliphatic imine (C=N–C) groups is 1. The van der Waals surface area contributed by atoms with Gasteiger partial charge in [0.15, 0.2) is 0 Å². The lowest BCUT2D eigenvalue weighted by molar-refractivity contribution is 0.200. The second kappa shape index (κ2) is 9.48. The highest BCUT2D eigenvalue weighted by Crippen LogP contribution is 1.83. The molecule has 0 aromatic heterocycles. The molecular formula is C9H21N3O. The molecule has 0 aromatic carbocycles. The standard InChI is InChI=1S/C9H21N3O/c1-4-9(2)12-8-11-7-10-5-6-13-3/h8-10H,4-7H2,1-3H3,(H,11,12). The smallest absolute Gasteiger partial charge is 0.0902 e. The molecule has 0 aromatic rings. The van der Waals surface area contributed by atoms with Crippen molar-refractivity contribution >= 4 is 6.34 Å². The van der Waals surface area contributed by atoms with Gasteiger partial charge in [-0.2, -0.15) is 0 Å². The van der Waals surface area contributed by atoms with Gasteiger partial charge < -0.3 is 10.1 Å². The topological polar surface area (TPSA) is 45.7 Å². The molecule has 0 fully saturated rings. The molecule has 2 N–H and O–H groups in total. The summed E-state index contributed by atoms with van der Waals surface area (Å²) in [6.45, 7) is 6.49. The van der Waals surface area contributed by atoms with Crippen molar-refractivity contribution in [2.45, 2.75) is 26.3 Å². The van der Waals surface area contributed by atoms with E-state index in [1.807, 2.05) is 0 Å². The molecule has 4 nitrogen and oxygen atoms in total. The molecule has 0 heterocycles. The van der Waals surface area contributed by atoms with E-state index in [9.17, 15) is 0 Å². The number of nitrogens with zero attached hydrogens (tertiary/aromatic N) is 1. The lowest BCUT2D eigenvalue weighted by atomic mass is 10.3. The van der Waals surface area contributed by atoms with Gasteiger partial charge in [-0.05, 0) is 13.3 Å². The van der Waals surface area contributed by atoms with Crippen molar-refractivity contribution in [2.24, 2.45) is 4.99 Å². The van der Waals surface area contributed by atoms with Crippen molar-refractivity contribution in [1.82, 2.24) is 10.6 Å². The number of nitrogens with one attached hydrogen (secondary N) is 2. The summed E-state index contributed by atoms with van der Waals surface area (Å²) in [5.41, 5.74) is 0. The fraction of sp³-hybridized carbons (Fsp3) is 0.889. The van der Waals surface area contributed by atoms with Gasteiger partial charge >= 0.3 is 0 Å². The zero-order valence-corrected chi connectivity index (χ0v) is 8.84. The van der Waals surface area contributed by atoms with Gasteiger partial charge in [-0.3, -0.25) is 10.3 Å². The van der Waals surface area contributed by atoms with Crippen LogP contribution in [0.15, 0.2) is 4.99 Å². The van der Waals surface area contributed by atoms with Crippen LogP contribution in [0, 0.1) is 0 Å². The molecule has 0 saturated heterocycles. The first-order valence-corrected chi connectivity index (χ1v) is 4.75. The maximum absolute atomic E-state index is 4.87. The number of ether oxygens (including phenoxy) is 1. The third-order valence-electron chi connectivity index (χ3n) is 1.75. The van der Waals surface area contributed by atoms with Gasteiger partial charge in [-0.15, -0.1) is 0 Å². The Bertz CT molecular complexity index is 128. The highest BCUT2D eigenvalue weighted by atomic mass is 16.5. The van der Waals surface area contributed by atoms with Crippen LogP contribution in [0.25, 0.3) is 0 Å². The van der Waals surface area contributed by atoms with E-state index in [4.69, 9.17) is 4.74 Å². The Labute approximate surface area is 80.8 Å². The zero-order chi connectivity index (χ0) is 9.94. The molecule has 4 heteroatoms. The summed E-state index contributed by atoms with van der Waals surface area (Å²) in [7, 11) is 1.69. The maximum atomic E-state index is 4.87. The lowest BCUT2D eigenvalue weighted by Crippen LogP contribution is -2.25. The molecule has 0 aliphatic heterocycles. The molecule has 78 valence electrons. The van der Waals surface area contributed by atoms with Gasteiger partial charge in [0.2, 0.25) is 0 Å². The van der Waals surface area contributed by atoms with Crippen LogP contribution in [0.4, 0.5) is 0 Å². The second-order valence-corrected chi connectivity index (χ2v) is 2.94. The molecule has 0 radical (unpaired) electrons. The third kappa shape index (κ3) is 9.30. The van der Waals surface area contributed by atoms with E-state index >= 15 is 0 Å². The van der Waals surface area contributed by atoms with E-state index in [2.05, 4.69) is 29.5 Å². The van der Waals surface area contributed by atoms with E-state index < -0.39 is 0 Å². The minimum atomic E-state index is 0.503. The van der Waals surface area contributed by atoms with Crippen LogP contribution in [0.3, 0.4) is 0 Å². The van der Waals surface area contributed by atoms with Gasteiger partial charge in [0.1, 0.15) is 0 Å². The van der Waals surface area contributed by atoms with Gasteiger partial charge in [0, 0.05) is 19.7 Å². The van der Waals surface area contributed by atoms with Crippen LogP contribution in [0.5, 0.6) is 0 Å². The van der Waals surface area contributed by atoms with E-state index in [0.29, 0.717) is 12.7 Å². The van der Waals surface area contributed by atoms with Crippen molar-refractivity contribution in [3.63, 3.8) is 0 Å². The number of methoxy groups -OCH3 is 1. The van der Waals surface area contributed by atoms with Gasteiger partial charge in [-0.25, -0.2) is 0 Å². The van der Waals surface area contributed by atoms with Crippen molar-refractivity contribution in [2.75, 3.05) is 26.9 Å². The first-order chi connectivity index (χ1) is 6.31. The zero-order valence-electron chi connectivity index (χ0n) is 8.84. The van der Waals surface area contributed by atoms with E-state index in [1.165, 1.54) is 0 Å².